The summed E-state index contributed by atoms with van der Waals surface area (Å²) in [7, 11) is -0.137. The minimum atomic E-state index is -4.19. The van der Waals surface area contributed by atoms with Crippen LogP contribution >= 0.6 is 10.7 Å². The number of rotatable bonds is 10. The van der Waals surface area contributed by atoms with Crippen LogP contribution < -0.4 is 5.32 Å². The molecular formula is C15H28ClN3O4S. The normalized spacial score (nSPS) is 12.2. The molecule has 0 aromatic carbocycles. The maximum atomic E-state index is 11.2. The molecule has 0 aliphatic heterocycles. The maximum absolute atomic E-state index is 11.2. The summed E-state index contributed by atoms with van der Waals surface area (Å²) < 4.78 is 27.1. The van der Waals surface area contributed by atoms with Crippen LogP contribution in [0.4, 0.5) is 0 Å². The zero-order valence-electron chi connectivity index (χ0n) is 14.3. The van der Waals surface area contributed by atoms with Crippen LogP contribution in [0.1, 0.15) is 71.4 Å². The Kier molecular flexibility index (Phi) is 12.6. The number of hydrogen-bond donors (Lipinski definition) is 2. The molecule has 0 bridgehead atoms. The summed E-state index contributed by atoms with van der Waals surface area (Å²) >= 11 is 0. The van der Waals surface area contributed by atoms with Crippen molar-refractivity contribution in [2.24, 2.45) is 0 Å². The van der Waals surface area contributed by atoms with E-state index < -0.39 is 9.33 Å². The van der Waals surface area contributed by atoms with E-state index in [0.29, 0.717) is 0 Å². The van der Waals surface area contributed by atoms with Crippen LogP contribution in [0, 0.1) is 0 Å². The summed E-state index contributed by atoms with van der Waals surface area (Å²) in [4.78, 5) is 15.3. The fourth-order valence-corrected chi connectivity index (χ4v) is 2.28. The van der Waals surface area contributed by atoms with Crippen molar-refractivity contribution in [2.75, 3.05) is 0 Å². The molecule has 7 nitrogen and oxygen atoms in total. The van der Waals surface area contributed by atoms with E-state index in [1.165, 1.54) is 38.5 Å². The third-order valence-corrected chi connectivity index (χ3v) is 3.34. The standard InChI is InChI=1S/C15H27N3O.ClHO3S/c1-3-4-5-6-7-8-9-10-15(17-14(2)19)18-12-11-16-13-18;1-5(2,3)4/h11-13,15H,3-10H2,1-2H3,(H,17,19);(H,2,3,4). The first kappa shape index (κ1) is 22.9. The molecule has 1 heterocycles. The number of carbonyl (C=O) groups excluding carboxylic acids is 1. The molecule has 0 aliphatic rings. The van der Waals surface area contributed by atoms with E-state index in [1.54, 1.807) is 19.4 Å². The molecule has 1 atom stereocenters. The molecule has 1 aromatic rings. The van der Waals surface area contributed by atoms with Crippen molar-refractivity contribution in [3.63, 3.8) is 0 Å². The monoisotopic (exact) mass is 381 g/mol. The number of aromatic nitrogens is 2. The van der Waals surface area contributed by atoms with Gasteiger partial charge in [-0.1, -0.05) is 45.4 Å². The van der Waals surface area contributed by atoms with E-state index in [1.807, 2.05) is 10.8 Å². The van der Waals surface area contributed by atoms with Crippen molar-refractivity contribution in [1.29, 1.82) is 0 Å². The minimum Gasteiger partial charge on any atom is -0.336 e. The number of halogens is 1. The summed E-state index contributed by atoms with van der Waals surface area (Å²) in [6.07, 6.45) is 15.5. The Labute approximate surface area is 149 Å². The summed E-state index contributed by atoms with van der Waals surface area (Å²) in [5.41, 5.74) is 0. The third-order valence-electron chi connectivity index (χ3n) is 3.34. The van der Waals surface area contributed by atoms with Crippen LogP contribution in [-0.4, -0.2) is 28.4 Å². The molecule has 9 heteroatoms. The first-order valence-corrected chi connectivity index (χ1v) is 10.4. The molecular weight excluding hydrogens is 354 g/mol. The quantitative estimate of drug-likeness (QED) is 0.365. The van der Waals surface area contributed by atoms with Gasteiger partial charge in [-0.15, -0.1) is 0 Å². The molecule has 24 heavy (non-hydrogen) atoms. The largest absolute Gasteiger partial charge is 0.353 e. The van der Waals surface area contributed by atoms with Crippen molar-refractivity contribution in [2.45, 2.75) is 71.4 Å². The lowest BCUT2D eigenvalue weighted by atomic mass is 10.1. The van der Waals surface area contributed by atoms with E-state index in [9.17, 15) is 4.79 Å². The molecule has 0 fully saturated rings. The van der Waals surface area contributed by atoms with Gasteiger partial charge in [-0.05, 0) is 12.8 Å². The molecule has 1 amide bonds. The van der Waals surface area contributed by atoms with Crippen molar-refractivity contribution >= 4 is 25.9 Å². The molecule has 0 spiro atoms. The van der Waals surface area contributed by atoms with Crippen LogP contribution in [-0.2, 0) is 14.1 Å². The van der Waals surface area contributed by atoms with Crippen molar-refractivity contribution in [3.05, 3.63) is 18.7 Å². The summed E-state index contributed by atoms with van der Waals surface area (Å²) in [5, 5.41) is 2.98. The van der Waals surface area contributed by atoms with Crippen LogP contribution in [0.3, 0.4) is 0 Å². The number of nitrogens with one attached hydrogen (secondary N) is 1. The van der Waals surface area contributed by atoms with E-state index >= 15 is 0 Å². The van der Waals surface area contributed by atoms with Gasteiger partial charge in [0.25, 0.3) is 0 Å². The maximum Gasteiger partial charge on any atom is 0.353 e. The second-order valence-corrected chi connectivity index (χ2v) is 7.54. The van der Waals surface area contributed by atoms with Crippen molar-refractivity contribution in [3.8, 4) is 0 Å². The number of amides is 1. The second kappa shape index (κ2) is 13.2. The molecule has 0 saturated heterocycles. The van der Waals surface area contributed by atoms with Gasteiger partial charge >= 0.3 is 9.33 Å². The number of unbranched alkanes of at least 4 members (excludes halogenated alkanes) is 6. The number of nitrogens with zero attached hydrogens (tertiary/aromatic N) is 2. The molecule has 1 rings (SSSR count). The van der Waals surface area contributed by atoms with Gasteiger partial charge in [0, 0.05) is 30.0 Å². The Balaban J connectivity index is 0.000000922. The van der Waals surface area contributed by atoms with Gasteiger partial charge in [0.1, 0.15) is 6.17 Å². The van der Waals surface area contributed by atoms with Gasteiger partial charge in [0.2, 0.25) is 5.91 Å². The highest BCUT2D eigenvalue weighted by molar-refractivity contribution is 8.09. The smallest absolute Gasteiger partial charge is 0.336 e. The van der Waals surface area contributed by atoms with Gasteiger partial charge < -0.3 is 9.88 Å². The lowest BCUT2D eigenvalue weighted by Crippen LogP contribution is -2.29. The summed E-state index contributed by atoms with van der Waals surface area (Å²) in [6.45, 7) is 3.80. The van der Waals surface area contributed by atoms with E-state index in [0.717, 1.165) is 12.8 Å². The highest BCUT2D eigenvalue weighted by Crippen LogP contribution is 2.14. The zero-order chi connectivity index (χ0) is 18.4. The Morgan fingerprint density at radius 3 is 2.25 bits per heavy atom. The fraction of sp³-hybridized carbons (Fsp3) is 0.733. The molecule has 140 valence electrons. The predicted molar refractivity (Wildman–Crippen MR) is 95.1 cm³/mol. The minimum absolute atomic E-state index is 0.0154. The fourth-order valence-electron chi connectivity index (χ4n) is 2.28. The average molecular weight is 382 g/mol. The Morgan fingerprint density at radius 1 is 1.25 bits per heavy atom. The molecule has 0 radical (unpaired) electrons. The van der Waals surface area contributed by atoms with E-state index in [4.69, 9.17) is 13.0 Å². The van der Waals surface area contributed by atoms with Gasteiger partial charge in [0.05, 0.1) is 6.33 Å². The topological polar surface area (TPSA) is 101 Å². The first-order valence-electron chi connectivity index (χ1n) is 8.15. The Bertz CT molecular complexity index is 527. The van der Waals surface area contributed by atoms with Gasteiger partial charge in [0.15, 0.2) is 0 Å². The Morgan fingerprint density at radius 2 is 1.79 bits per heavy atom. The first-order chi connectivity index (χ1) is 11.2. The number of carbonyl (C=O) groups is 1. The van der Waals surface area contributed by atoms with E-state index in [-0.39, 0.29) is 12.1 Å². The molecule has 0 saturated carbocycles. The number of imidazole rings is 1. The third kappa shape index (κ3) is 15.8. The summed E-state index contributed by atoms with van der Waals surface area (Å²) in [6, 6.07) is 0. The molecule has 1 aromatic heterocycles. The van der Waals surface area contributed by atoms with Crippen LogP contribution in [0.2, 0.25) is 0 Å². The van der Waals surface area contributed by atoms with Crippen LogP contribution in [0.5, 0.6) is 0 Å². The summed E-state index contributed by atoms with van der Waals surface area (Å²) in [5.74, 6) is 0.0154. The average Bonchev–Trinajstić information content (AvgIpc) is 2.97. The van der Waals surface area contributed by atoms with Crippen LogP contribution in [0.15, 0.2) is 18.7 Å². The molecule has 2 N–H and O–H groups in total. The van der Waals surface area contributed by atoms with Gasteiger partial charge in [-0.3, -0.25) is 9.35 Å². The Hall–Kier alpha value is -1.12. The molecule has 1 unspecified atom stereocenters. The zero-order valence-corrected chi connectivity index (χ0v) is 15.9. The lowest BCUT2D eigenvalue weighted by molar-refractivity contribution is -0.120. The SMILES string of the molecule is CCCCCCCCCC(NC(C)=O)n1ccnc1.O=S(=O)(O)Cl. The number of hydrogen-bond acceptors (Lipinski definition) is 4. The highest BCUT2D eigenvalue weighted by Gasteiger charge is 2.10. The van der Waals surface area contributed by atoms with Gasteiger partial charge in [-0.2, -0.15) is 8.42 Å². The van der Waals surface area contributed by atoms with Crippen LogP contribution in [0.25, 0.3) is 0 Å². The van der Waals surface area contributed by atoms with Crippen molar-refractivity contribution < 1.29 is 17.8 Å². The highest BCUT2D eigenvalue weighted by atomic mass is 35.7. The van der Waals surface area contributed by atoms with Gasteiger partial charge in [-0.25, -0.2) is 4.98 Å². The second-order valence-electron chi connectivity index (χ2n) is 5.55. The van der Waals surface area contributed by atoms with E-state index in [2.05, 4.69) is 27.9 Å². The molecule has 0 aliphatic carbocycles. The predicted octanol–water partition coefficient (Wildman–Crippen LogP) is 3.69. The van der Waals surface area contributed by atoms with Crippen molar-refractivity contribution in [1.82, 2.24) is 14.9 Å². The lowest BCUT2D eigenvalue weighted by Gasteiger charge is -2.19.